The van der Waals surface area contributed by atoms with Gasteiger partial charge in [-0.3, -0.25) is 9.89 Å². The van der Waals surface area contributed by atoms with Crippen molar-refractivity contribution >= 4 is 27.7 Å². The molecule has 0 bridgehead atoms. The van der Waals surface area contributed by atoms with Crippen LogP contribution in [0.3, 0.4) is 0 Å². The molecular weight excluding hydrogens is 282 g/mol. The number of nitrogens with zero attached hydrogens (tertiary/aromatic N) is 1. The van der Waals surface area contributed by atoms with Crippen molar-refractivity contribution in [2.75, 3.05) is 5.32 Å². The lowest BCUT2D eigenvalue weighted by atomic mass is 9.87. The second-order valence-electron chi connectivity index (χ2n) is 4.06. The molecule has 4 nitrogen and oxygen atoms in total. The molecule has 17 heavy (non-hydrogen) atoms. The molecule has 0 radical (unpaired) electrons. The molecule has 0 spiro atoms. The summed E-state index contributed by atoms with van der Waals surface area (Å²) in [6.45, 7) is 0. The molecule has 86 valence electrons. The smallest absolute Gasteiger partial charge is 0.226 e. The Bertz CT molecular complexity index is 579. The van der Waals surface area contributed by atoms with Crippen LogP contribution in [0, 0.1) is 0 Å². The van der Waals surface area contributed by atoms with Gasteiger partial charge >= 0.3 is 0 Å². The van der Waals surface area contributed by atoms with Gasteiger partial charge in [0.05, 0.1) is 6.20 Å². The summed E-state index contributed by atoms with van der Waals surface area (Å²) in [7, 11) is 0. The van der Waals surface area contributed by atoms with Crippen LogP contribution < -0.4 is 5.32 Å². The molecular formula is C12H10BrN3O. The Morgan fingerprint density at radius 1 is 1.41 bits per heavy atom. The first-order valence-corrected chi connectivity index (χ1v) is 6.12. The zero-order valence-corrected chi connectivity index (χ0v) is 10.5. The Labute approximate surface area is 107 Å². The van der Waals surface area contributed by atoms with E-state index in [1.54, 1.807) is 6.20 Å². The van der Waals surface area contributed by atoms with E-state index in [1.807, 2.05) is 24.3 Å². The summed E-state index contributed by atoms with van der Waals surface area (Å²) in [5, 5.41) is 9.58. The summed E-state index contributed by atoms with van der Waals surface area (Å²) in [6, 6.07) is 8.03. The standard InChI is InChI=1S/C12H10BrN3O/c13-8-3-1-2-7(4-8)9-5-11(17)15-12-10(9)6-14-16-12/h1-4,6,9H,5H2,(H2,14,15,16,17)/t9-/m0/s1. The maximum Gasteiger partial charge on any atom is 0.226 e. The zero-order chi connectivity index (χ0) is 11.8. The third-order valence-electron chi connectivity index (χ3n) is 2.95. The largest absolute Gasteiger partial charge is 0.311 e. The summed E-state index contributed by atoms with van der Waals surface area (Å²) in [5.74, 6) is 0.813. The van der Waals surface area contributed by atoms with Crippen molar-refractivity contribution in [1.29, 1.82) is 0 Å². The van der Waals surface area contributed by atoms with Crippen LogP contribution in [0.2, 0.25) is 0 Å². The normalized spacial score (nSPS) is 18.6. The molecule has 2 N–H and O–H groups in total. The molecule has 0 saturated heterocycles. The molecule has 0 unspecified atom stereocenters. The Morgan fingerprint density at radius 3 is 3.12 bits per heavy atom. The molecule has 1 aliphatic rings. The number of rotatable bonds is 1. The lowest BCUT2D eigenvalue weighted by molar-refractivity contribution is -0.116. The molecule has 2 aromatic rings. The fourth-order valence-corrected chi connectivity index (χ4v) is 2.58. The molecule has 1 amide bonds. The van der Waals surface area contributed by atoms with Crippen molar-refractivity contribution in [1.82, 2.24) is 10.2 Å². The van der Waals surface area contributed by atoms with Crippen molar-refractivity contribution in [2.24, 2.45) is 0 Å². The number of carbonyl (C=O) groups excluding carboxylic acids is 1. The van der Waals surface area contributed by atoms with E-state index in [-0.39, 0.29) is 11.8 Å². The van der Waals surface area contributed by atoms with Gasteiger partial charge in [-0.15, -0.1) is 0 Å². The number of fused-ring (bicyclic) bond motifs is 1. The van der Waals surface area contributed by atoms with Gasteiger partial charge < -0.3 is 5.32 Å². The first-order valence-electron chi connectivity index (χ1n) is 5.32. The van der Waals surface area contributed by atoms with E-state index in [1.165, 1.54) is 0 Å². The van der Waals surface area contributed by atoms with E-state index >= 15 is 0 Å². The van der Waals surface area contributed by atoms with Crippen molar-refractivity contribution in [3.63, 3.8) is 0 Å². The number of H-pyrrole nitrogens is 1. The van der Waals surface area contributed by atoms with Crippen LogP contribution >= 0.6 is 15.9 Å². The van der Waals surface area contributed by atoms with E-state index in [0.29, 0.717) is 12.2 Å². The van der Waals surface area contributed by atoms with Gasteiger partial charge in [0.2, 0.25) is 5.91 Å². The number of aromatic amines is 1. The molecule has 1 aromatic heterocycles. The van der Waals surface area contributed by atoms with Crippen LogP contribution in [0.5, 0.6) is 0 Å². The number of benzene rings is 1. The third kappa shape index (κ3) is 1.86. The lowest BCUT2D eigenvalue weighted by Gasteiger charge is -2.22. The maximum atomic E-state index is 11.6. The van der Waals surface area contributed by atoms with Crippen molar-refractivity contribution < 1.29 is 4.79 Å². The SMILES string of the molecule is O=C1C[C@@H](c2cccc(Br)c2)c2cn[nH]c2N1. The number of carbonyl (C=O) groups is 1. The number of aromatic nitrogens is 2. The fraction of sp³-hybridized carbons (Fsp3) is 0.167. The monoisotopic (exact) mass is 291 g/mol. The Balaban J connectivity index is 2.08. The highest BCUT2D eigenvalue weighted by Crippen LogP contribution is 2.36. The predicted octanol–water partition coefficient (Wildman–Crippen LogP) is 2.65. The van der Waals surface area contributed by atoms with Crippen LogP contribution in [0.15, 0.2) is 34.9 Å². The highest BCUT2D eigenvalue weighted by molar-refractivity contribution is 9.10. The third-order valence-corrected chi connectivity index (χ3v) is 3.44. The highest BCUT2D eigenvalue weighted by Gasteiger charge is 2.27. The maximum absolute atomic E-state index is 11.6. The summed E-state index contributed by atoms with van der Waals surface area (Å²) in [5.41, 5.74) is 2.17. The quantitative estimate of drug-likeness (QED) is 0.849. The summed E-state index contributed by atoms with van der Waals surface area (Å²) >= 11 is 3.45. The van der Waals surface area contributed by atoms with Gasteiger partial charge in [-0.05, 0) is 17.7 Å². The number of nitrogens with one attached hydrogen (secondary N) is 2. The number of amides is 1. The van der Waals surface area contributed by atoms with Crippen molar-refractivity contribution in [2.45, 2.75) is 12.3 Å². The minimum atomic E-state index is 0.0201. The van der Waals surface area contributed by atoms with Gasteiger partial charge in [-0.1, -0.05) is 28.1 Å². The highest BCUT2D eigenvalue weighted by atomic mass is 79.9. The van der Waals surface area contributed by atoms with Crippen LogP contribution in [-0.4, -0.2) is 16.1 Å². The van der Waals surface area contributed by atoms with Gasteiger partial charge in [-0.2, -0.15) is 5.10 Å². The molecule has 0 fully saturated rings. The van der Waals surface area contributed by atoms with Crippen molar-refractivity contribution in [3.8, 4) is 0 Å². The molecule has 3 rings (SSSR count). The molecule has 5 heteroatoms. The molecule has 0 aliphatic carbocycles. The minimum absolute atomic E-state index is 0.0201. The van der Waals surface area contributed by atoms with E-state index in [4.69, 9.17) is 0 Å². The first-order chi connectivity index (χ1) is 8.24. The summed E-state index contributed by atoms with van der Waals surface area (Å²) in [4.78, 5) is 11.6. The first kappa shape index (κ1) is 10.5. The topological polar surface area (TPSA) is 57.8 Å². The van der Waals surface area contributed by atoms with Crippen LogP contribution in [0.4, 0.5) is 5.82 Å². The lowest BCUT2D eigenvalue weighted by Crippen LogP contribution is -2.22. The Morgan fingerprint density at radius 2 is 2.29 bits per heavy atom. The second kappa shape index (κ2) is 4.00. The Kier molecular flexibility index (Phi) is 2.48. The van der Waals surface area contributed by atoms with Gasteiger partial charge in [0, 0.05) is 22.4 Å². The fourth-order valence-electron chi connectivity index (χ4n) is 2.17. The van der Waals surface area contributed by atoms with E-state index < -0.39 is 0 Å². The number of hydrogen-bond donors (Lipinski definition) is 2. The van der Waals surface area contributed by atoms with Gasteiger partial charge in [-0.25, -0.2) is 0 Å². The zero-order valence-electron chi connectivity index (χ0n) is 8.90. The summed E-state index contributed by atoms with van der Waals surface area (Å²) < 4.78 is 1.02. The van der Waals surface area contributed by atoms with Crippen LogP contribution in [0.25, 0.3) is 0 Å². The van der Waals surface area contributed by atoms with Gasteiger partial charge in [0.1, 0.15) is 5.82 Å². The van der Waals surface area contributed by atoms with E-state index in [9.17, 15) is 4.79 Å². The van der Waals surface area contributed by atoms with E-state index in [2.05, 4.69) is 31.4 Å². The minimum Gasteiger partial charge on any atom is -0.311 e. The van der Waals surface area contributed by atoms with Gasteiger partial charge in [0.25, 0.3) is 0 Å². The van der Waals surface area contributed by atoms with E-state index in [0.717, 1.165) is 15.6 Å². The Hall–Kier alpha value is -1.62. The van der Waals surface area contributed by atoms with Gasteiger partial charge in [0.15, 0.2) is 0 Å². The number of halogens is 1. The summed E-state index contributed by atoms with van der Waals surface area (Å²) in [6.07, 6.45) is 2.24. The van der Waals surface area contributed by atoms with Crippen LogP contribution in [-0.2, 0) is 4.79 Å². The number of anilines is 1. The molecule has 1 aliphatic heterocycles. The average molecular weight is 292 g/mol. The van der Waals surface area contributed by atoms with Crippen molar-refractivity contribution in [3.05, 3.63) is 46.1 Å². The molecule has 0 saturated carbocycles. The molecule has 2 heterocycles. The molecule has 1 aromatic carbocycles. The predicted molar refractivity (Wildman–Crippen MR) is 67.8 cm³/mol. The number of hydrogen-bond acceptors (Lipinski definition) is 2. The molecule has 1 atom stereocenters. The van der Waals surface area contributed by atoms with Crippen LogP contribution in [0.1, 0.15) is 23.5 Å². The average Bonchev–Trinajstić information content (AvgIpc) is 2.75. The second-order valence-corrected chi connectivity index (χ2v) is 4.98.